The minimum absolute atomic E-state index is 0.00873. The number of benzene rings is 1. The number of halogens is 4. The first kappa shape index (κ1) is 71.9. The number of esters is 1. The Morgan fingerprint density at radius 3 is 2.39 bits per heavy atom. The van der Waals surface area contributed by atoms with Crippen LogP contribution in [0.3, 0.4) is 0 Å². The number of urea groups is 1. The van der Waals surface area contributed by atoms with Gasteiger partial charge in [0.25, 0.3) is 5.91 Å². The fraction of sp³-hybridized carbons (Fsp3) is 0.586. The highest BCUT2D eigenvalue weighted by Crippen LogP contribution is 2.48. The number of nitrogens with one attached hydrogen (secondary N) is 6. The van der Waals surface area contributed by atoms with Crippen molar-refractivity contribution in [2.24, 2.45) is 11.7 Å². The molecule has 85 heavy (non-hydrogen) atoms. The summed E-state index contributed by atoms with van der Waals surface area (Å²) in [6.45, 7) is 12.6. The smallest absolute Gasteiger partial charge is 0.409 e. The number of hydrogen-bond acceptors (Lipinski definition) is 15. The Balaban J connectivity index is 1.52. The molecule has 3 aliphatic rings. The van der Waals surface area contributed by atoms with Crippen LogP contribution in [-0.4, -0.2) is 175 Å². The maximum Gasteiger partial charge on any atom is 0.409 e. The first-order valence-electron chi connectivity index (χ1n) is 27.9. The lowest BCUT2D eigenvalue weighted by molar-refractivity contribution is -0.156. The molecule has 0 aromatic heterocycles. The SMILES string of the molecule is C=C/C(=C\C=C(/C)NC(=O)[C@H](CCCNC(N)=O)NC(=O)[C@@H](NC(=O)CCCCCNC(CBr)CBr)C(C)C)C(=O)N(C)CC(=O)O[C@H]1CC(=O)N(C)c2cc(cc(OC)c2Cl)C/C(C)=C/C=C/[C@@H](OC)[C@@]2(O)C[C@H](OC(=O)N2)[C@@H](Cl)[C@@H]2O[C@@]12C. The number of nitrogens with two attached hydrogens (primary N) is 1. The lowest BCUT2D eigenvalue weighted by Gasteiger charge is -2.41. The number of aliphatic hydroxyl groups is 1. The zero-order valence-corrected chi connectivity index (χ0v) is 54.3. The third kappa shape index (κ3) is 21.4. The van der Waals surface area contributed by atoms with E-state index in [2.05, 4.69) is 70.3 Å². The second-order valence-electron chi connectivity index (χ2n) is 21.7. The number of alkyl carbamates (subject to hydrolysis) is 1. The van der Waals surface area contributed by atoms with Gasteiger partial charge in [0.15, 0.2) is 5.72 Å². The molecule has 1 aromatic rings. The Kier molecular flexibility index (Phi) is 28.9. The van der Waals surface area contributed by atoms with E-state index in [1.807, 2.05) is 6.92 Å². The van der Waals surface area contributed by atoms with Gasteiger partial charge >= 0.3 is 18.1 Å². The normalized spacial score (nSPS) is 24.5. The number of methoxy groups -OCH3 is 2. The molecule has 3 aliphatic heterocycles. The van der Waals surface area contributed by atoms with Crippen molar-refractivity contribution in [2.75, 3.05) is 63.5 Å². The van der Waals surface area contributed by atoms with Crippen LogP contribution in [0.2, 0.25) is 5.02 Å². The third-order valence-corrected chi connectivity index (χ3v) is 17.0. The lowest BCUT2D eigenvalue weighted by atomic mass is 9.89. The molecule has 0 unspecified atom stereocenters. The van der Waals surface area contributed by atoms with E-state index in [-0.39, 0.29) is 60.3 Å². The summed E-state index contributed by atoms with van der Waals surface area (Å²) in [7, 11) is 5.65. The number of alkyl halides is 3. The van der Waals surface area contributed by atoms with Gasteiger partial charge in [-0.25, -0.2) is 9.59 Å². The zero-order valence-electron chi connectivity index (χ0n) is 49.7. The van der Waals surface area contributed by atoms with E-state index in [4.69, 9.17) is 52.6 Å². The van der Waals surface area contributed by atoms with Gasteiger partial charge in [0.1, 0.15) is 59.4 Å². The van der Waals surface area contributed by atoms with Gasteiger partial charge in [-0.1, -0.05) is 100 Å². The molecule has 2 saturated heterocycles. The predicted octanol–water partition coefficient (Wildman–Crippen LogP) is 5.61. The van der Waals surface area contributed by atoms with Crippen LogP contribution in [0.4, 0.5) is 15.3 Å². The summed E-state index contributed by atoms with van der Waals surface area (Å²) in [6.07, 6.45) is 5.93. The first-order chi connectivity index (χ1) is 40.1. The summed E-state index contributed by atoms with van der Waals surface area (Å²) in [5, 5.41) is 29.1. The first-order valence-corrected chi connectivity index (χ1v) is 31.0. The number of hydrogen-bond donors (Lipinski definition) is 8. The number of amides is 8. The molecule has 4 bridgehead atoms. The lowest BCUT2D eigenvalue weighted by Crippen LogP contribution is -2.64. The maximum absolute atomic E-state index is 14.4. The Labute approximate surface area is 524 Å². The molecular weight excluding hydrogens is 1280 g/mol. The van der Waals surface area contributed by atoms with Crippen LogP contribution < -0.4 is 47.3 Å². The largest absolute Gasteiger partial charge is 0.495 e. The molecule has 8 amide bonds. The molecule has 0 saturated carbocycles. The number of carbonyl (C=O) groups excluding carboxylic acids is 8. The van der Waals surface area contributed by atoms with E-state index in [9.17, 15) is 43.5 Å². The van der Waals surface area contributed by atoms with Crippen molar-refractivity contribution < 1.29 is 67.1 Å². The topological polar surface area (TPSA) is 311 Å². The van der Waals surface area contributed by atoms with Gasteiger partial charge in [0.05, 0.1) is 24.6 Å². The molecule has 0 radical (unpaired) electrons. The van der Waals surface area contributed by atoms with Crippen molar-refractivity contribution >= 4 is 108 Å². The summed E-state index contributed by atoms with van der Waals surface area (Å²) in [5.74, 6) is -3.77. The number of epoxide rings is 1. The fourth-order valence-corrected chi connectivity index (χ4v) is 11.8. The highest BCUT2D eigenvalue weighted by molar-refractivity contribution is 9.09. The molecule has 23 nitrogen and oxygen atoms in total. The minimum atomic E-state index is -1.99. The number of nitrogens with zero attached hydrogens (tertiary/aromatic N) is 2. The average Bonchev–Trinajstić information content (AvgIpc) is 1.77. The molecule has 2 fully saturated rings. The summed E-state index contributed by atoms with van der Waals surface area (Å²) < 4.78 is 29.0. The molecular formula is C58H83Br2Cl2N9O14. The predicted molar refractivity (Wildman–Crippen MR) is 330 cm³/mol. The van der Waals surface area contributed by atoms with Crippen LogP contribution in [0, 0.1) is 5.92 Å². The Hall–Kier alpha value is -5.54. The van der Waals surface area contributed by atoms with E-state index < -0.39 is 108 Å². The van der Waals surface area contributed by atoms with Crippen molar-refractivity contribution in [3.63, 3.8) is 0 Å². The van der Waals surface area contributed by atoms with Crippen molar-refractivity contribution in [3.8, 4) is 5.75 Å². The van der Waals surface area contributed by atoms with E-state index in [0.717, 1.165) is 46.1 Å². The summed E-state index contributed by atoms with van der Waals surface area (Å²) in [5.41, 5.74) is 3.88. The molecule has 4 rings (SSSR count). The van der Waals surface area contributed by atoms with Gasteiger partial charge in [0, 0.05) is 68.6 Å². The molecule has 0 aliphatic carbocycles. The minimum Gasteiger partial charge on any atom is -0.495 e. The van der Waals surface area contributed by atoms with E-state index in [1.165, 1.54) is 51.4 Å². The van der Waals surface area contributed by atoms with Crippen molar-refractivity contribution in [1.82, 2.24) is 36.8 Å². The average molecular weight is 1360 g/mol. The van der Waals surface area contributed by atoms with E-state index in [1.54, 1.807) is 58.1 Å². The van der Waals surface area contributed by atoms with Crippen LogP contribution in [0.5, 0.6) is 5.75 Å². The molecule has 1 aromatic carbocycles. The number of ether oxygens (including phenoxy) is 5. The second kappa shape index (κ2) is 34.1. The number of fused-ring (bicyclic) bond motifs is 5. The Morgan fingerprint density at radius 2 is 1.75 bits per heavy atom. The van der Waals surface area contributed by atoms with Gasteiger partial charge < -0.3 is 70.9 Å². The van der Waals surface area contributed by atoms with Crippen LogP contribution in [0.1, 0.15) is 91.5 Å². The third-order valence-electron chi connectivity index (χ3n) is 14.6. The van der Waals surface area contributed by atoms with Crippen LogP contribution >= 0.6 is 55.1 Å². The van der Waals surface area contributed by atoms with Gasteiger partial charge in [0.2, 0.25) is 23.6 Å². The number of anilines is 1. The molecule has 27 heteroatoms. The van der Waals surface area contributed by atoms with Crippen molar-refractivity contribution in [2.45, 2.75) is 152 Å². The molecule has 472 valence electrons. The molecule has 9 atom stereocenters. The van der Waals surface area contributed by atoms with E-state index >= 15 is 0 Å². The Morgan fingerprint density at radius 1 is 1.05 bits per heavy atom. The zero-order chi connectivity index (χ0) is 63.3. The number of unbranched alkanes of at least 4 members (excludes halogenated alkanes) is 2. The number of allylic oxidation sites excluding steroid dienone is 6. The van der Waals surface area contributed by atoms with Gasteiger partial charge in [-0.3, -0.25) is 34.1 Å². The van der Waals surface area contributed by atoms with Crippen molar-refractivity contribution in [3.05, 3.63) is 82.6 Å². The number of primary amides is 1. The summed E-state index contributed by atoms with van der Waals surface area (Å²) in [6, 6.07) is 0.907. The molecule has 0 spiro atoms. The number of rotatable bonds is 27. The highest BCUT2D eigenvalue weighted by atomic mass is 79.9. The highest BCUT2D eigenvalue weighted by Gasteiger charge is 2.65. The maximum atomic E-state index is 14.4. The number of likely N-dealkylation sites (N-methyl/N-ethyl adjacent to an activating group) is 1. The van der Waals surface area contributed by atoms with Gasteiger partial charge in [-0.2, -0.15) is 0 Å². The molecule has 9 N–H and O–H groups in total. The number of carbonyl (C=O) groups is 8. The van der Waals surface area contributed by atoms with Gasteiger partial charge in [-0.15, -0.1) is 11.6 Å². The Bertz CT molecular complexity index is 2690. The molecule has 3 heterocycles. The second-order valence-corrected chi connectivity index (χ2v) is 23.9. The van der Waals surface area contributed by atoms with Crippen LogP contribution in [0.15, 0.2) is 72.0 Å². The van der Waals surface area contributed by atoms with Crippen molar-refractivity contribution in [1.29, 1.82) is 0 Å². The standard InChI is InChI=1S/C58H83Br2Cl2N9O14/c1-11-37(22-21-35(5)66-52(75)39(18-16-24-65-55(63)78)67-53(76)50(33(2)3)68-45(72)20-13-12-14-23-64-38(30-59)31-60)54(77)70(7)32-47(74)84-44-28-46(73)71(8)40-26-36(27-41(81-9)48(40)61)25-34(4)17-15-19-43(82-10)58(80)29-42(83-56(79)69-58)49(62)51-57(44,6)85-51/h11,15,17,19,21-22,26-27,33,38-39,42-44,49-51,64,80H,1,12-14,16,18,20,23-25,28-32H2,2-10H3,(H,66,75)(H,67,76)(H,68,72)(H,69,79)(H3,63,65,78)/b19-15+,34-17+,35-21+,37-22+/t39-,42-,43+,44-,49+,50-,51-,57-,58-/m0/s1. The summed E-state index contributed by atoms with van der Waals surface area (Å²) >= 11 is 20.8. The van der Waals surface area contributed by atoms with Gasteiger partial charge in [-0.05, 0) is 95.2 Å². The fourth-order valence-electron chi connectivity index (χ4n) is 9.56. The van der Waals surface area contributed by atoms with Crippen LogP contribution in [0.25, 0.3) is 0 Å². The quantitative estimate of drug-likeness (QED) is 0.0133. The van der Waals surface area contributed by atoms with Crippen LogP contribution in [-0.2, 0) is 54.1 Å². The summed E-state index contributed by atoms with van der Waals surface area (Å²) in [4.78, 5) is 110. The monoisotopic (exact) mass is 1360 g/mol. The van der Waals surface area contributed by atoms with E-state index in [0.29, 0.717) is 30.3 Å².